The lowest BCUT2D eigenvalue weighted by Crippen LogP contribution is -2.68. The Morgan fingerprint density at radius 2 is 1.30 bits per heavy atom. The van der Waals surface area contributed by atoms with Crippen LogP contribution in [0.3, 0.4) is 0 Å². The molecule has 0 saturated carbocycles. The van der Waals surface area contributed by atoms with E-state index in [-0.39, 0.29) is 0 Å². The van der Waals surface area contributed by atoms with E-state index in [2.05, 4.69) is 54.9 Å². The molecule has 0 unspecified atom stereocenters. The molecule has 0 amide bonds. The molecule has 0 saturated heterocycles. The second kappa shape index (κ2) is 5.16. The molecule has 0 atom stereocenters. The summed E-state index contributed by atoms with van der Waals surface area (Å²) in [6, 6.07) is 12.5. The van der Waals surface area contributed by atoms with E-state index in [4.69, 9.17) is 15.3 Å². The van der Waals surface area contributed by atoms with Crippen molar-refractivity contribution in [1.29, 1.82) is 0 Å². The Balaban J connectivity index is 2.01. The lowest BCUT2D eigenvalue weighted by Gasteiger charge is -2.27. The molecule has 1 aliphatic rings. The number of hydrogen-bond donors (Lipinski definition) is 0. The fourth-order valence-corrected chi connectivity index (χ4v) is 4.26. The van der Waals surface area contributed by atoms with Crippen LogP contribution in [0, 0.1) is 34.6 Å². The Kier molecular flexibility index (Phi) is 3.05. The van der Waals surface area contributed by atoms with Crippen LogP contribution in [0.15, 0.2) is 42.6 Å². The van der Waals surface area contributed by atoms with Gasteiger partial charge in [-0.3, -0.25) is 0 Å². The molecule has 5 rings (SSSR count). The largest absolute Gasteiger partial charge is 0.474 e. The van der Waals surface area contributed by atoms with Gasteiger partial charge in [0.2, 0.25) is 5.69 Å². The van der Waals surface area contributed by atoms with E-state index < -0.39 is 5.91 Å². The van der Waals surface area contributed by atoms with Gasteiger partial charge in [0.05, 0.1) is 17.1 Å². The second-order valence-corrected chi connectivity index (χ2v) is 7.32. The number of aromatic nitrogens is 7. The van der Waals surface area contributed by atoms with E-state index in [1.807, 2.05) is 40.9 Å². The fraction of sp³-hybridized carbons (Fsp3) is 0.300. The standard InChI is InChI=1S/C20H22N7/c1-13-10-16(4)25(21-13)20(26-17(5)11-14(2)22-26)24-9-7-6-8-18(24)19-12-15(3)23-27(19)20/h6-12H,1-5H3/q+1. The molecule has 0 fully saturated rings. The summed E-state index contributed by atoms with van der Waals surface area (Å²) in [4.78, 5) is 0. The highest BCUT2D eigenvalue weighted by Gasteiger charge is 2.59. The Morgan fingerprint density at radius 1 is 0.741 bits per heavy atom. The van der Waals surface area contributed by atoms with Crippen LogP contribution in [0.4, 0.5) is 0 Å². The van der Waals surface area contributed by atoms with Crippen molar-refractivity contribution in [2.24, 2.45) is 0 Å². The summed E-state index contributed by atoms with van der Waals surface area (Å²) in [6.07, 6.45) is 2.08. The smallest absolute Gasteiger partial charge is 0.169 e. The Morgan fingerprint density at radius 3 is 1.85 bits per heavy atom. The van der Waals surface area contributed by atoms with Crippen molar-refractivity contribution in [2.75, 3.05) is 0 Å². The van der Waals surface area contributed by atoms with Crippen molar-refractivity contribution in [1.82, 2.24) is 29.3 Å². The van der Waals surface area contributed by atoms with Gasteiger partial charge in [0, 0.05) is 23.5 Å². The Labute approximate surface area is 157 Å². The highest BCUT2D eigenvalue weighted by molar-refractivity contribution is 5.54. The van der Waals surface area contributed by atoms with Crippen molar-refractivity contribution in [3.63, 3.8) is 0 Å². The molecule has 4 aromatic rings. The summed E-state index contributed by atoms with van der Waals surface area (Å²) < 4.78 is 8.28. The third-order valence-corrected chi connectivity index (χ3v) is 5.15. The Bertz CT molecular complexity index is 1140. The normalized spacial score (nSPS) is 14.4. The second-order valence-electron chi connectivity index (χ2n) is 7.32. The first-order valence-electron chi connectivity index (χ1n) is 9.09. The first-order chi connectivity index (χ1) is 12.9. The third kappa shape index (κ3) is 1.91. The van der Waals surface area contributed by atoms with E-state index >= 15 is 0 Å². The topological polar surface area (TPSA) is 57.3 Å². The van der Waals surface area contributed by atoms with Gasteiger partial charge in [0.25, 0.3) is 0 Å². The maximum absolute atomic E-state index is 4.89. The van der Waals surface area contributed by atoms with Crippen LogP contribution >= 0.6 is 0 Å². The summed E-state index contributed by atoms with van der Waals surface area (Å²) in [5.41, 5.74) is 7.11. The summed E-state index contributed by atoms with van der Waals surface area (Å²) in [6.45, 7) is 10.2. The van der Waals surface area contributed by atoms with Crippen LogP contribution in [0.1, 0.15) is 28.5 Å². The van der Waals surface area contributed by atoms with Crippen LogP contribution in [0.5, 0.6) is 0 Å². The molecule has 136 valence electrons. The van der Waals surface area contributed by atoms with E-state index in [0.717, 1.165) is 39.9 Å². The minimum atomic E-state index is -0.878. The van der Waals surface area contributed by atoms with Gasteiger partial charge in [-0.2, -0.15) is 29.3 Å². The zero-order chi connectivity index (χ0) is 18.9. The minimum absolute atomic E-state index is 0.878. The minimum Gasteiger partial charge on any atom is -0.169 e. The third-order valence-electron chi connectivity index (χ3n) is 5.15. The highest BCUT2D eigenvalue weighted by Crippen LogP contribution is 2.34. The molecule has 1 aliphatic heterocycles. The quantitative estimate of drug-likeness (QED) is 0.454. The van der Waals surface area contributed by atoms with Gasteiger partial charge in [0.1, 0.15) is 5.69 Å². The maximum atomic E-state index is 4.89. The zero-order valence-electron chi connectivity index (χ0n) is 16.2. The van der Waals surface area contributed by atoms with Gasteiger partial charge in [-0.25, -0.2) is 0 Å². The van der Waals surface area contributed by atoms with Gasteiger partial charge >= 0.3 is 5.91 Å². The van der Waals surface area contributed by atoms with E-state index in [1.54, 1.807) is 0 Å². The summed E-state index contributed by atoms with van der Waals surface area (Å²) >= 11 is 0. The highest BCUT2D eigenvalue weighted by atomic mass is 15.7. The molecule has 5 heterocycles. The fourth-order valence-electron chi connectivity index (χ4n) is 4.26. The van der Waals surface area contributed by atoms with Crippen LogP contribution in [-0.4, -0.2) is 29.3 Å². The van der Waals surface area contributed by atoms with Gasteiger partial charge in [-0.1, -0.05) is 0 Å². The lowest BCUT2D eigenvalue weighted by molar-refractivity contribution is -0.771. The number of aryl methyl sites for hydroxylation is 5. The molecule has 0 radical (unpaired) electrons. The number of pyridine rings is 1. The predicted octanol–water partition coefficient (Wildman–Crippen LogP) is 2.30. The lowest BCUT2D eigenvalue weighted by atomic mass is 10.2. The molecule has 0 aromatic carbocycles. The number of hydrogen-bond acceptors (Lipinski definition) is 3. The van der Waals surface area contributed by atoms with Gasteiger partial charge in [0.15, 0.2) is 6.20 Å². The van der Waals surface area contributed by atoms with Gasteiger partial charge in [-0.05, 0) is 58.9 Å². The Hall–Kier alpha value is -3.22. The first-order valence-corrected chi connectivity index (χ1v) is 9.09. The average Bonchev–Trinajstić information content (AvgIpc) is 3.32. The molecule has 0 N–H and O–H groups in total. The number of rotatable bonds is 2. The van der Waals surface area contributed by atoms with Crippen LogP contribution < -0.4 is 4.57 Å². The molecule has 0 spiro atoms. The molecular weight excluding hydrogens is 338 g/mol. The van der Waals surface area contributed by atoms with Crippen molar-refractivity contribution in [3.05, 3.63) is 71.1 Å². The molecule has 7 heteroatoms. The van der Waals surface area contributed by atoms with Crippen molar-refractivity contribution < 1.29 is 4.57 Å². The zero-order valence-corrected chi connectivity index (χ0v) is 16.2. The molecule has 0 aliphatic carbocycles. The number of nitrogens with zero attached hydrogens (tertiary/aromatic N) is 7. The number of fused-ring (bicyclic) bond motifs is 3. The SMILES string of the molecule is Cc1cc(C)n(C2(n3nc(C)cc3C)n3nc(C)cc3-c3cccc[n+]32)n1. The van der Waals surface area contributed by atoms with Crippen molar-refractivity contribution in [2.45, 2.75) is 40.5 Å². The van der Waals surface area contributed by atoms with Gasteiger partial charge in [-0.15, -0.1) is 4.57 Å². The van der Waals surface area contributed by atoms with Crippen molar-refractivity contribution >= 4 is 0 Å². The molecule has 27 heavy (non-hydrogen) atoms. The summed E-state index contributed by atoms with van der Waals surface area (Å²) in [7, 11) is 0. The van der Waals surface area contributed by atoms with Crippen LogP contribution in [0.2, 0.25) is 0 Å². The molecule has 4 aromatic heterocycles. The summed E-state index contributed by atoms with van der Waals surface area (Å²) in [5.74, 6) is -0.878. The van der Waals surface area contributed by atoms with E-state index in [0.29, 0.717) is 0 Å². The van der Waals surface area contributed by atoms with Crippen LogP contribution in [-0.2, 0) is 5.91 Å². The van der Waals surface area contributed by atoms with E-state index in [1.165, 1.54) is 0 Å². The molecule has 7 nitrogen and oxygen atoms in total. The van der Waals surface area contributed by atoms with Gasteiger partial charge < -0.3 is 0 Å². The molecular formula is C20H22N7+. The van der Waals surface area contributed by atoms with E-state index in [9.17, 15) is 0 Å². The summed E-state index contributed by atoms with van der Waals surface area (Å²) in [5, 5.41) is 14.6. The molecule has 0 bridgehead atoms. The maximum Gasteiger partial charge on any atom is 0.474 e. The predicted molar refractivity (Wildman–Crippen MR) is 100 cm³/mol. The van der Waals surface area contributed by atoms with Crippen molar-refractivity contribution in [3.8, 4) is 11.4 Å². The van der Waals surface area contributed by atoms with Crippen LogP contribution in [0.25, 0.3) is 11.4 Å². The average molecular weight is 360 g/mol. The first kappa shape index (κ1) is 16.0. The monoisotopic (exact) mass is 360 g/mol.